The highest BCUT2D eigenvalue weighted by molar-refractivity contribution is 5.77. The summed E-state index contributed by atoms with van der Waals surface area (Å²) in [5, 5.41) is 0. The van der Waals surface area contributed by atoms with Crippen LogP contribution < -0.4 is 11.3 Å². The van der Waals surface area contributed by atoms with Gasteiger partial charge in [-0.15, -0.1) is 0 Å². The Kier molecular flexibility index (Phi) is 4.14. The minimum atomic E-state index is -0.107. The fourth-order valence-corrected chi connectivity index (χ4v) is 1.51. The summed E-state index contributed by atoms with van der Waals surface area (Å²) in [5.74, 6) is 4.90. The van der Waals surface area contributed by atoms with Crippen molar-refractivity contribution in [2.75, 3.05) is 39.3 Å². The van der Waals surface area contributed by atoms with E-state index < -0.39 is 0 Å². The summed E-state index contributed by atoms with van der Waals surface area (Å²) in [6.45, 7) is 7.69. The number of rotatable bonds is 3. The number of piperazine rings is 1. The topological polar surface area (TPSA) is 61.6 Å². The molecule has 0 radical (unpaired) electrons. The molecule has 1 fully saturated rings. The van der Waals surface area contributed by atoms with E-state index >= 15 is 0 Å². The standard InChI is InChI=1S/C8H18N4O/c1-2-11-3-5-12(6-4-11)7-8(13)10-9/h2-7,9H2,1H3,(H,10,13). The lowest BCUT2D eigenvalue weighted by atomic mass is 10.3. The lowest BCUT2D eigenvalue weighted by Crippen LogP contribution is -2.50. The second-order valence-corrected chi connectivity index (χ2v) is 3.28. The third-order valence-electron chi connectivity index (χ3n) is 2.44. The molecule has 1 rings (SSSR count). The van der Waals surface area contributed by atoms with Crippen molar-refractivity contribution in [1.29, 1.82) is 0 Å². The molecule has 5 nitrogen and oxygen atoms in total. The zero-order valence-electron chi connectivity index (χ0n) is 8.12. The molecule has 0 aromatic heterocycles. The minimum absolute atomic E-state index is 0.107. The average molecular weight is 186 g/mol. The lowest BCUT2D eigenvalue weighted by Gasteiger charge is -2.33. The SMILES string of the molecule is CCN1CCN(CC(=O)NN)CC1. The van der Waals surface area contributed by atoms with E-state index in [0.717, 1.165) is 32.7 Å². The van der Waals surface area contributed by atoms with Gasteiger partial charge in [-0.25, -0.2) is 5.84 Å². The van der Waals surface area contributed by atoms with Crippen LogP contribution in [0.1, 0.15) is 6.92 Å². The zero-order valence-corrected chi connectivity index (χ0v) is 8.12. The molecule has 13 heavy (non-hydrogen) atoms. The number of carbonyl (C=O) groups excluding carboxylic acids is 1. The Balaban J connectivity index is 2.21. The molecule has 0 spiro atoms. The molecule has 0 saturated carbocycles. The molecule has 0 unspecified atom stereocenters. The first-order valence-electron chi connectivity index (χ1n) is 4.70. The molecule has 0 bridgehead atoms. The van der Waals surface area contributed by atoms with Gasteiger partial charge in [-0.3, -0.25) is 15.1 Å². The fourth-order valence-electron chi connectivity index (χ4n) is 1.51. The highest BCUT2D eigenvalue weighted by Crippen LogP contribution is 1.99. The molecular weight excluding hydrogens is 168 g/mol. The number of hydrogen-bond donors (Lipinski definition) is 2. The summed E-state index contributed by atoms with van der Waals surface area (Å²) in [5.41, 5.74) is 2.14. The van der Waals surface area contributed by atoms with Gasteiger partial charge >= 0.3 is 0 Å². The number of carbonyl (C=O) groups is 1. The van der Waals surface area contributed by atoms with Crippen molar-refractivity contribution in [1.82, 2.24) is 15.2 Å². The van der Waals surface area contributed by atoms with E-state index in [1.165, 1.54) is 0 Å². The molecule has 3 N–H and O–H groups in total. The van der Waals surface area contributed by atoms with Crippen molar-refractivity contribution < 1.29 is 4.79 Å². The number of hydrazine groups is 1. The van der Waals surface area contributed by atoms with Crippen LogP contribution in [0.25, 0.3) is 0 Å². The highest BCUT2D eigenvalue weighted by atomic mass is 16.2. The summed E-state index contributed by atoms with van der Waals surface area (Å²) < 4.78 is 0. The van der Waals surface area contributed by atoms with Crippen LogP contribution in [0, 0.1) is 0 Å². The quantitative estimate of drug-likeness (QED) is 0.324. The number of nitrogens with one attached hydrogen (secondary N) is 1. The van der Waals surface area contributed by atoms with Gasteiger partial charge in [0, 0.05) is 26.2 Å². The molecule has 1 aliphatic heterocycles. The van der Waals surface area contributed by atoms with Crippen LogP contribution in [0.4, 0.5) is 0 Å². The van der Waals surface area contributed by atoms with Gasteiger partial charge in [0.15, 0.2) is 0 Å². The Morgan fingerprint density at radius 1 is 1.31 bits per heavy atom. The van der Waals surface area contributed by atoms with E-state index in [1.54, 1.807) is 0 Å². The summed E-state index contributed by atoms with van der Waals surface area (Å²) in [7, 11) is 0. The van der Waals surface area contributed by atoms with Crippen molar-refractivity contribution in [2.45, 2.75) is 6.92 Å². The molecule has 1 saturated heterocycles. The van der Waals surface area contributed by atoms with Gasteiger partial charge in [0.2, 0.25) is 5.91 Å². The van der Waals surface area contributed by atoms with E-state index in [9.17, 15) is 4.79 Å². The molecule has 0 aromatic carbocycles. The van der Waals surface area contributed by atoms with Crippen LogP contribution in [0.2, 0.25) is 0 Å². The molecule has 1 heterocycles. The molecule has 76 valence electrons. The predicted molar refractivity (Wildman–Crippen MR) is 50.9 cm³/mol. The number of nitrogens with zero attached hydrogens (tertiary/aromatic N) is 2. The van der Waals surface area contributed by atoms with Crippen LogP contribution >= 0.6 is 0 Å². The van der Waals surface area contributed by atoms with E-state index in [1.807, 2.05) is 0 Å². The molecule has 5 heteroatoms. The summed E-state index contributed by atoms with van der Waals surface area (Å²) in [4.78, 5) is 15.4. The van der Waals surface area contributed by atoms with Gasteiger partial charge in [-0.05, 0) is 6.54 Å². The number of amides is 1. The number of nitrogens with two attached hydrogens (primary N) is 1. The van der Waals surface area contributed by atoms with Crippen molar-refractivity contribution in [2.24, 2.45) is 5.84 Å². The third-order valence-corrected chi connectivity index (χ3v) is 2.44. The maximum atomic E-state index is 10.9. The Bertz CT molecular complexity index is 166. The van der Waals surface area contributed by atoms with Crippen molar-refractivity contribution in [3.8, 4) is 0 Å². The normalized spacial score (nSPS) is 20.2. The molecule has 0 aromatic rings. The first-order valence-corrected chi connectivity index (χ1v) is 4.70. The minimum Gasteiger partial charge on any atom is -0.301 e. The fraction of sp³-hybridized carbons (Fsp3) is 0.875. The number of hydrogen-bond acceptors (Lipinski definition) is 4. The number of likely N-dealkylation sites (N-methyl/N-ethyl adjacent to an activating group) is 1. The van der Waals surface area contributed by atoms with Gasteiger partial charge in [0.05, 0.1) is 6.54 Å². The van der Waals surface area contributed by atoms with Crippen LogP contribution in [-0.4, -0.2) is 55.0 Å². The van der Waals surface area contributed by atoms with Gasteiger partial charge in [0.1, 0.15) is 0 Å². The van der Waals surface area contributed by atoms with Gasteiger partial charge in [-0.2, -0.15) is 0 Å². The largest absolute Gasteiger partial charge is 0.301 e. The van der Waals surface area contributed by atoms with Crippen LogP contribution in [0.5, 0.6) is 0 Å². The zero-order chi connectivity index (χ0) is 9.68. The van der Waals surface area contributed by atoms with E-state index in [2.05, 4.69) is 22.1 Å². The monoisotopic (exact) mass is 186 g/mol. The van der Waals surface area contributed by atoms with Crippen molar-refractivity contribution >= 4 is 5.91 Å². The van der Waals surface area contributed by atoms with E-state index in [0.29, 0.717) is 6.54 Å². The molecular formula is C8H18N4O. The first-order chi connectivity index (χ1) is 6.26. The van der Waals surface area contributed by atoms with Crippen molar-refractivity contribution in [3.05, 3.63) is 0 Å². The van der Waals surface area contributed by atoms with E-state index in [4.69, 9.17) is 5.84 Å². The van der Waals surface area contributed by atoms with Crippen LogP contribution in [-0.2, 0) is 4.79 Å². The Hall–Kier alpha value is -0.650. The second-order valence-electron chi connectivity index (χ2n) is 3.28. The second kappa shape index (κ2) is 5.16. The Morgan fingerprint density at radius 2 is 1.85 bits per heavy atom. The summed E-state index contributed by atoms with van der Waals surface area (Å²) >= 11 is 0. The predicted octanol–water partition coefficient (Wildman–Crippen LogP) is -1.39. The van der Waals surface area contributed by atoms with Gasteiger partial charge in [0.25, 0.3) is 0 Å². The summed E-state index contributed by atoms with van der Waals surface area (Å²) in [6, 6.07) is 0. The highest BCUT2D eigenvalue weighted by Gasteiger charge is 2.16. The summed E-state index contributed by atoms with van der Waals surface area (Å²) in [6.07, 6.45) is 0. The Morgan fingerprint density at radius 3 is 2.31 bits per heavy atom. The molecule has 0 aliphatic carbocycles. The Labute approximate surface area is 78.8 Å². The molecule has 1 aliphatic rings. The van der Waals surface area contributed by atoms with Crippen LogP contribution in [0.3, 0.4) is 0 Å². The smallest absolute Gasteiger partial charge is 0.248 e. The lowest BCUT2D eigenvalue weighted by molar-refractivity contribution is -0.122. The maximum absolute atomic E-state index is 10.9. The van der Waals surface area contributed by atoms with Gasteiger partial charge in [-0.1, -0.05) is 6.92 Å². The van der Waals surface area contributed by atoms with Gasteiger partial charge < -0.3 is 4.90 Å². The first kappa shape index (κ1) is 10.4. The average Bonchev–Trinajstić information content (AvgIpc) is 2.19. The van der Waals surface area contributed by atoms with E-state index in [-0.39, 0.29) is 5.91 Å². The van der Waals surface area contributed by atoms with Crippen molar-refractivity contribution in [3.63, 3.8) is 0 Å². The third kappa shape index (κ3) is 3.30. The molecule has 1 amide bonds. The maximum Gasteiger partial charge on any atom is 0.248 e. The molecule has 0 atom stereocenters. The van der Waals surface area contributed by atoms with Crippen LogP contribution in [0.15, 0.2) is 0 Å².